The summed E-state index contributed by atoms with van der Waals surface area (Å²) in [6, 6.07) is 10.9. The fraction of sp³-hybridized carbons (Fsp3) is 0.375. The highest BCUT2D eigenvalue weighted by Crippen LogP contribution is 2.43. The number of rotatable bonds is 4. The average Bonchev–Trinajstić information content (AvgIpc) is 3.01. The van der Waals surface area contributed by atoms with Crippen LogP contribution in [0.15, 0.2) is 34.8 Å². The van der Waals surface area contributed by atoms with E-state index in [0.29, 0.717) is 12.0 Å². The Kier molecular flexibility index (Phi) is 4.15. The molecular formula is C16H18BrNOS. The third kappa shape index (κ3) is 2.52. The molecule has 2 nitrogen and oxygen atoms in total. The van der Waals surface area contributed by atoms with Crippen LogP contribution in [0, 0.1) is 6.92 Å². The van der Waals surface area contributed by atoms with Gasteiger partial charge in [-0.2, -0.15) is 0 Å². The smallest absolute Gasteiger partial charge is 0.122 e. The number of ether oxygens (including phenoxy) is 1. The van der Waals surface area contributed by atoms with Gasteiger partial charge in [0.15, 0.2) is 0 Å². The molecule has 0 spiro atoms. The normalized spacial score (nSPS) is 18.6. The van der Waals surface area contributed by atoms with Gasteiger partial charge < -0.3 is 10.1 Å². The zero-order valence-electron chi connectivity index (χ0n) is 11.7. The highest BCUT2D eigenvalue weighted by atomic mass is 79.9. The molecule has 1 aliphatic heterocycles. The summed E-state index contributed by atoms with van der Waals surface area (Å²) in [5, 5.41) is 3.63. The Morgan fingerprint density at radius 3 is 2.95 bits per heavy atom. The van der Waals surface area contributed by atoms with Crippen molar-refractivity contribution in [3.05, 3.63) is 50.1 Å². The molecule has 0 amide bonds. The second-order valence-electron chi connectivity index (χ2n) is 5.04. The second-order valence-corrected chi connectivity index (χ2v) is 7.19. The third-order valence-electron chi connectivity index (χ3n) is 3.75. The molecule has 0 saturated carbocycles. The van der Waals surface area contributed by atoms with Crippen molar-refractivity contribution in [2.24, 2.45) is 0 Å². The van der Waals surface area contributed by atoms with E-state index >= 15 is 0 Å². The number of hydrogen-bond acceptors (Lipinski definition) is 3. The summed E-state index contributed by atoms with van der Waals surface area (Å²) in [6.07, 6.45) is 0. The van der Waals surface area contributed by atoms with Gasteiger partial charge in [-0.3, -0.25) is 0 Å². The Bertz CT molecular complexity index is 591. The maximum Gasteiger partial charge on any atom is 0.122 e. The molecule has 2 aromatic rings. The number of thiophene rings is 1. The van der Waals surface area contributed by atoms with Gasteiger partial charge in [0.05, 0.1) is 12.6 Å². The largest absolute Gasteiger partial charge is 0.493 e. The Morgan fingerprint density at radius 1 is 1.45 bits per heavy atom. The minimum atomic E-state index is 0.318. The molecular weight excluding hydrogens is 334 g/mol. The van der Waals surface area contributed by atoms with Gasteiger partial charge >= 0.3 is 0 Å². The lowest BCUT2D eigenvalue weighted by molar-refractivity contribution is 0.302. The lowest BCUT2D eigenvalue weighted by Gasteiger charge is -2.22. The Balaban J connectivity index is 1.96. The van der Waals surface area contributed by atoms with Crippen LogP contribution in [0.4, 0.5) is 0 Å². The molecule has 3 rings (SSSR count). The predicted molar refractivity (Wildman–Crippen MR) is 87.9 cm³/mol. The maximum absolute atomic E-state index is 5.85. The molecule has 2 heterocycles. The van der Waals surface area contributed by atoms with Gasteiger partial charge in [-0.1, -0.05) is 25.1 Å². The van der Waals surface area contributed by atoms with Gasteiger partial charge in [0.2, 0.25) is 0 Å². The van der Waals surface area contributed by atoms with E-state index < -0.39 is 0 Å². The molecule has 0 aliphatic carbocycles. The minimum absolute atomic E-state index is 0.318. The zero-order chi connectivity index (χ0) is 14.1. The van der Waals surface area contributed by atoms with E-state index in [9.17, 15) is 0 Å². The van der Waals surface area contributed by atoms with Crippen LogP contribution < -0.4 is 10.1 Å². The monoisotopic (exact) mass is 351 g/mol. The minimum Gasteiger partial charge on any atom is -0.493 e. The van der Waals surface area contributed by atoms with Gasteiger partial charge in [0.25, 0.3) is 0 Å². The van der Waals surface area contributed by atoms with Crippen molar-refractivity contribution in [1.82, 2.24) is 5.32 Å². The topological polar surface area (TPSA) is 21.3 Å². The molecule has 1 N–H and O–H groups in total. The molecule has 2 unspecified atom stereocenters. The summed E-state index contributed by atoms with van der Waals surface area (Å²) < 4.78 is 7.05. The summed E-state index contributed by atoms with van der Waals surface area (Å²) in [6.45, 7) is 6.02. The van der Waals surface area contributed by atoms with Crippen molar-refractivity contribution in [3.63, 3.8) is 0 Å². The van der Waals surface area contributed by atoms with E-state index in [1.165, 1.54) is 19.8 Å². The standard InChI is InChI=1S/C16H18BrNOS/c1-3-18-16(15-8-13(17)10(2)20-15)12-9-19-14-7-5-4-6-11(12)14/h4-8,12,16,18H,3,9H2,1-2H3. The Hall–Kier alpha value is -0.840. The van der Waals surface area contributed by atoms with E-state index in [1.807, 2.05) is 17.4 Å². The number of benzene rings is 1. The van der Waals surface area contributed by atoms with Crippen LogP contribution in [0.3, 0.4) is 0 Å². The molecule has 0 bridgehead atoms. The highest BCUT2D eigenvalue weighted by molar-refractivity contribution is 9.10. The van der Waals surface area contributed by atoms with Crippen molar-refractivity contribution in [2.45, 2.75) is 25.8 Å². The predicted octanol–water partition coefficient (Wildman–Crippen LogP) is 4.65. The first-order chi connectivity index (χ1) is 9.70. The molecule has 4 heteroatoms. The van der Waals surface area contributed by atoms with Crippen molar-refractivity contribution in [3.8, 4) is 5.75 Å². The van der Waals surface area contributed by atoms with E-state index in [0.717, 1.165) is 18.9 Å². The molecule has 1 aliphatic rings. The summed E-state index contributed by atoms with van der Waals surface area (Å²) >= 11 is 5.49. The van der Waals surface area contributed by atoms with E-state index in [-0.39, 0.29) is 0 Å². The average molecular weight is 352 g/mol. The number of hydrogen-bond donors (Lipinski definition) is 1. The second kappa shape index (κ2) is 5.88. The Morgan fingerprint density at radius 2 is 2.25 bits per heavy atom. The maximum atomic E-state index is 5.85. The first-order valence-electron chi connectivity index (χ1n) is 6.91. The van der Waals surface area contributed by atoms with Gasteiger partial charge in [-0.25, -0.2) is 0 Å². The number of fused-ring (bicyclic) bond motifs is 1. The van der Waals surface area contributed by atoms with Crippen LogP contribution >= 0.6 is 27.3 Å². The molecule has 0 fully saturated rings. The van der Waals surface area contributed by atoms with Gasteiger partial charge in [-0.05, 0) is 41.5 Å². The zero-order valence-corrected chi connectivity index (χ0v) is 14.1. The van der Waals surface area contributed by atoms with Crippen LogP contribution in [-0.2, 0) is 0 Å². The van der Waals surface area contributed by atoms with Crippen molar-refractivity contribution in [1.29, 1.82) is 0 Å². The van der Waals surface area contributed by atoms with E-state index in [2.05, 4.69) is 59.4 Å². The van der Waals surface area contributed by atoms with Crippen LogP contribution in [0.5, 0.6) is 5.75 Å². The fourth-order valence-electron chi connectivity index (χ4n) is 2.76. The molecule has 0 saturated heterocycles. The fourth-order valence-corrected chi connectivity index (χ4v) is 4.46. The first kappa shape index (κ1) is 14.1. The lowest BCUT2D eigenvalue weighted by Crippen LogP contribution is -2.27. The van der Waals surface area contributed by atoms with Crippen LogP contribution in [0.2, 0.25) is 0 Å². The molecule has 0 radical (unpaired) electrons. The van der Waals surface area contributed by atoms with Crippen LogP contribution in [0.1, 0.15) is 34.2 Å². The summed E-state index contributed by atoms with van der Waals surface area (Å²) in [7, 11) is 0. The van der Waals surface area contributed by atoms with Gasteiger partial charge in [0.1, 0.15) is 5.75 Å². The van der Waals surface area contributed by atoms with Crippen LogP contribution in [-0.4, -0.2) is 13.2 Å². The summed E-state index contributed by atoms with van der Waals surface area (Å²) in [5.41, 5.74) is 1.32. The number of aryl methyl sites for hydroxylation is 1. The first-order valence-corrected chi connectivity index (χ1v) is 8.52. The van der Waals surface area contributed by atoms with Gasteiger partial charge in [-0.15, -0.1) is 11.3 Å². The highest BCUT2D eigenvalue weighted by Gasteiger charge is 2.32. The summed E-state index contributed by atoms with van der Waals surface area (Å²) in [5.74, 6) is 1.42. The molecule has 2 atom stereocenters. The van der Waals surface area contributed by atoms with E-state index in [1.54, 1.807) is 0 Å². The van der Waals surface area contributed by atoms with E-state index in [4.69, 9.17) is 4.74 Å². The summed E-state index contributed by atoms with van der Waals surface area (Å²) in [4.78, 5) is 2.71. The van der Waals surface area contributed by atoms with Crippen LogP contribution in [0.25, 0.3) is 0 Å². The SMILES string of the molecule is CCNC(c1cc(Br)c(C)s1)C1COc2ccccc21. The lowest BCUT2D eigenvalue weighted by atomic mass is 9.92. The number of halogens is 1. The Labute approximate surface area is 132 Å². The molecule has 1 aromatic heterocycles. The number of nitrogens with one attached hydrogen (secondary N) is 1. The molecule has 20 heavy (non-hydrogen) atoms. The van der Waals surface area contributed by atoms with Gasteiger partial charge in [0, 0.05) is 25.7 Å². The number of para-hydroxylation sites is 1. The quantitative estimate of drug-likeness (QED) is 0.865. The van der Waals surface area contributed by atoms with Crippen molar-refractivity contribution >= 4 is 27.3 Å². The molecule has 106 valence electrons. The third-order valence-corrected chi connectivity index (χ3v) is 5.97. The van der Waals surface area contributed by atoms with Crippen molar-refractivity contribution in [2.75, 3.05) is 13.2 Å². The van der Waals surface area contributed by atoms with Crippen molar-refractivity contribution < 1.29 is 4.74 Å². The number of likely N-dealkylation sites (N-methyl/N-ethyl adjacent to an activating group) is 1. The molecule has 1 aromatic carbocycles.